The molecule has 0 unspecified atom stereocenters. The highest BCUT2D eigenvalue weighted by molar-refractivity contribution is 9.10. The number of hydrogen-bond acceptors (Lipinski definition) is 3. The van der Waals surface area contributed by atoms with E-state index < -0.39 is 0 Å². The number of nitriles is 1. The Morgan fingerprint density at radius 2 is 1.85 bits per heavy atom. The van der Waals surface area contributed by atoms with Gasteiger partial charge in [-0.2, -0.15) is 5.26 Å². The van der Waals surface area contributed by atoms with Crippen molar-refractivity contribution in [2.75, 3.05) is 0 Å². The molecule has 0 amide bonds. The minimum absolute atomic E-state index is 0.00615. The Kier molecular flexibility index (Phi) is 4.43. The van der Waals surface area contributed by atoms with Crippen molar-refractivity contribution in [3.63, 3.8) is 0 Å². The molecule has 0 radical (unpaired) electrons. The molecule has 1 N–H and O–H groups in total. The normalized spacial score (nSPS) is 10.2. The van der Waals surface area contributed by atoms with Crippen LogP contribution in [-0.4, -0.2) is 5.11 Å². The third kappa shape index (κ3) is 3.01. The SMILES string of the molecule is Cc1cc(C#N)cc(C)c1Oc1ccc(CO)cc1Br. The standard InChI is InChI=1S/C16H14BrNO2/c1-10-5-13(8-18)6-11(2)16(10)20-15-4-3-12(9-19)7-14(15)17/h3-7,19H,9H2,1-2H3. The lowest BCUT2D eigenvalue weighted by molar-refractivity contribution is 0.281. The topological polar surface area (TPSA) is 53.2 Å². The molecule has 0 saturated heterocycles. The molecule has 0 aliphatic carbocycles. The Labute approximate surface area is 126 Å². The van der Waals surface area contributed by atoms with Crippen molar-refractivity contribution in [2.45, 2.75) is 20.5 Å². The largest absolute Gasteiger partial charge is 0.456 e. The first-order valence-corrected chi connectivity index (χ1v) is 6.93. The molecule has 0 heterocycles. The Balaban J connectivity index is 2.38. The Hall–Kier alpha value is -1.83. The van der Waals surface area contributed by atoms with Gasteiger partial charge in [-0.25, -0.2) is 0 Å². The van der Waals surface area contributed by atoms with Crippen LogP contribution >= 0.6 is 15.9 Å². The molecule has 0 bridgehead atoms. The molecule has 4 heteroatoms. The van der Waals surface area contributed by atoms with Gasteiger partial charge in [-0.05, 0) is 70.7 Å². The fraction of sp³-hybridized carbons (Fsp3) is 0.188. The van der Waals surface area contributed by atoms with Crippen LogP contribution in [0, 0.1) is 25.2 Å². The van der Waals surface area contributed by atoms with Crippen molar-refractivity contribution in [3.8, 4) is 17.6 Å². The van der Waals surface area contributed by atoms with Gasteiger partial charge >= 0.3 is 0 Å². The van der Waals surface area contributed by atoms with E-state index in [0.717, 1.165) is 26.9 Å². The van der Waals surface area contributed by atoms with E-state index in [1.807, 2.05) is 32.0 Å². The number of aliphatic hydroxyl groups excluding tert-OH is 1. The summed E-state index contributed by atoms with van der Waals surface area (Å²) in [6.07, 6.45) is 0. The second-order valence-electron chi connectivity index (χ2n) is 4.58. The van der Waals surface area contributed by atoms with E-state index in [9.17, 15) is 0 Å². The minimum Gasteiger partial charge on any atom is -0.456 e. The zero-order valence-corrected chi connectivity index (χ0v) is 12.9. The van der Waals surface area contributed by atoms with Crippen molar-refractivity contribution in [1.29, 1.82) is 5.26 Å². The summed E-state index contributed by atoms with van der Waals surface area (Å²) in [6, 6.07) is 11.2. The van der Waals surface area contributed by atoms with E-state index in [1.165, 1.54) is 0 Å². The maximum atomic E-state index is 9.10. The van der Waals surface area contributed by atoms with Gasteiger partial charge in [-0.15, -0.1) is 0 Å². The first-order valence-electron chi connectivity index (χ1n) is 6.13. The molecule has 0 atom stereocenters. The van der Waals surface area contributed by atoms with Crippen molar-refractivity contribution >= 4 is 15.9 Å². The minimum atomic E-state index is -0.00615. The molecule has 2 aromatic rings. The quantitative estimate of drug-likeness (QED) is 0.915. The highest BCUT2D eigenvalue weighted by atomic mass is 79.9. The Morgan fingerprint density at radius 3 is 2.35 bits per heavy atom. The van der Waals surface area contributed by atoms with Gasteiger partial charge in [0, 0.05) is 0 Å². The monoisotopic (exact) mass is 331 g/mol. The molecule has 102 valence electrons. The first-order chi connectivity index (χ1) is 9.55. The Bertz CT molecular complexity index is 666. The van der Waals surface area contributed by atoms with Gasteiger partial charge in [0.1, 0.15) is 11.5 Å². The third-order valence-electron chi connectivity index (χ3n) is 2.98. The maximum Gasteiger partial charge on any atom is 0.141 e. The fourth-order valence-corrected chi connectivity index (χ4v) is 2.52. The molecular weight excluding hydrogens is 318 g/mol. The maximum absolute atomic E-state index is 9.10. The number of hydrogen-bond donors (Lipinski definition) is 1. The summed E-state index contributed by atoms with van der Waals surface area (Å²) in [5.74, 6) is 1.43. The second kappa shape index (κ2) is 6.08. The van der Waals surface area contributed by atoms with E-state index in [2.05, 4.69) is 22.0 Å². The zero-order chi connectivity index (χ0) is 14.7. The number of aryl methyl sites for hydroxylation is 2. The van der Waals surface area contributed by atoms with Gasteiger partial charge in [0.2, 0.25) is 0 Å². The smallest absolute Gasteiger partial charge is 0.141 e. The average Bonchev–Trinajstić information content (AvgIpc) is 2.43. The molecule has 0 spiro atoms. The van der Waals surface area contributed by atoms with Gasteiger partial charge in [0.15, 0.2) is 0 Å². The molecular formula is C16H14BrNO2. The van der Waals surface area contributed by atoms with Gasteiger partial charge in [0.25, 0.3) is 0 Å². The van der Waals surface area contributed by atoms with E-state index in [4.69, 9.17) is 15.1 Å². The summed E-state index contributed by atoms with van der Waals surface area (Å²) < 4.78 is 6.72. The van der Waals surface area contributed by atoms with E-state index in [0.29, 0.717) is 11.3 Å². The van der Waals surface area contributed by atoms with Crippen LogP contribution in [0.2, 0.25) is 0 Å². The number of nitrogens with zero attached hydrogens (tertiary/aromatic N) is 1. The van der Waals surface area contributed by atoms with Crippen LogP contribution in [0.4, 0.5) is 0 Å². The average molecular weight is 332 g/mol. The second-order valence-corrected chi connectivity index (χ2v) is 5.43. The lowest BCUT2D eigenvalue weighted by Gasteiger charge is -2.14. The third-order valence-corrected chi connectivity index (χ3v) is 3.60. The molecule has 0 aliphatic rings. The van der Waals surface area contributed by atoms with Gasteiger partial charge < -0.3 is 9.84 Å². The van der Waals surface area contributed by atoms with Crippen LogP contribution in [0.3, 0.4) is 0 Å². The summed E-state index contributed by atoms with van der Waals surface area (Å²) in [5.41, 5.74) is 3.28. The lowest BCUT2D eigenvalue weighted by atomic mass is 10.1. The van der Waals surface area contributed by atoms with Gasteiger partial charge in [-0.1, -0.05) is 6.07 Å². The highest BCUT2D eigenvalue weighted by Crippen LogP contribution is 2.34. The summed E-state index contributed by atoms with van der Waals surface area (Å²) in [5, 5.41) is 18.0. The van der Waals surface area contributed by atoms with Crippen molar-refractivity contribution in [2.24, 2.45) is 0 Å². The first kappa shape index (κ1) is 14.6. The van der Waals surface area contributed by atoms with Gasteiger partial charge in [-0.3, -0.25) is 0 Å². The molecule has 0 fully saturated rings. The molecule has 3 nitrogen and oxygen atoms in total. The number of rotatable bonds is 3. The van der Waals surface area contributed by atoms with Crippen molar-refractivity contribution in [1.82, 2.24) is 0 Å². The summed E-state index contributed by atoms with van der Waals surface area (Å²) in [4.78, 5) is 0. The number of benzene rings is 2. The molecule has 20 heavy (non-hydrogen) atoms. The fourth-order valence-electron chi connectivity index (χ4n) is 2.01. The lowest BCUT2D eigenvalue weighted by Crippen LogP contribution is -1.94. The van der Waals surface area contributed by atoms with Crippen LogP contribution < -0.4 is 4.74 Å². The van der Waals surface area contributed by atoms with E-state index in [-0.39, 0.29) is 6.61 Å². The number of ether oxygens (including phenoxy) is 1. The molecule has 2 aromatic carbocycles. The van der Waals surface area contributed by atoms with Crippen molar-refractivity contribution < 1.29 is 9.84 Å². The molecule has 0 aliphatic heterocycles. The predicted octanol–water partition coefficient (Wildman–Crippen LogP) is 4.22. The summed E-state index contributed by atoms with van der Waals surface area (Å²) in [7, 11) is 0. The van der Waals surface area contributed by atoms with E-state index >= 15 is 0 Å². The summed E-state index contributed by atoms with van der Waals surface area (Å²) >= 11 is 3.43. The van der Waals surface area contributed by atoms with Crippen LogP contribution in [0.25, 0.3) is 0 Å². The molecule has 2 rings (SSSR count). The van der Waals surface area contributed by atoms with Gasteiger partial charge in [0.05, 0.1) is 22.7 Å². The van der Waals surface area contributed by atoms with Crippen molar-refractivity contribution in [3.05, 3.63) is 57.1 Å². The van der Waals surface area contributed by atoms with Crippen LogP contribution in [0.15, 0.2) is 34.8 Å². The van der Waals surface area contributed by atoms with Crippen LogP contribution in [0.5, 0.6) is 11.5 Å². The zero-order valence-electron chi connectivity index (χ0n) is 11.3. The van der Waals surface area contributed by atoms with Crippen LogP contribution in [-0.2, 0) is 6.61 Å². The Morgan fingerprint density at radius 1 is 1.20 bits per heavy atom. The summed E-state index contributed by atoms with van der Waals surface area (Å²) in [6.45, 7) is 3.83. The van der Waals surface area contributed by atoms with E-state index in [1.54, 1.807) is 12.1 Å². The number of halogens is 1. The predicted molar refractivity (Wildman–Crippen MR) is 80.8 cm³/mol. The molecule has 0 aromatic heterocycles. The highest BCUT2D eigenvalue weighted by Gasteiger charge is 2.10. The number of aliphatic hydroxyl groups is 1. The van der Waals surface area contributed by atoms with Crippen LogP contribution in [0.1, 0.15) is 22.3 Å². The molecule has 0 saturated carbocycles.